The van der Waals surface area contributed by atoms with E-state index in [4.69, 9.17) is 4.74 Å². The lowest BCUT2D eigenvalue weighted by atomic mass is 10.0. The zero-order valence-electron chi connectivity index (χ0n) is 9.95. The van der Waals surface area contributed by atoms with Crippen molar-refractivity contribution in [2.75, 3.05) is 0 Å². The first-order valence-electron chi connectivity index (χ1n) is 5.97. The number of esters is 1. The summed E-state index contributed by atoms with van der Waals surface area (Å²) in [6.45, 7) is 1.89. The molecule has 98 valence electrons. The molecule has 0 saturated heterocycles. The zero-order valence-corrected chi connectivity index (χ0v) is 9.95. The Bertz CT molecular complexity index is 276. The van der Waals surface area contributed by atoms with E-state index in [2.05, 4.69) is 0 Å². The highest BCUT2D eigenvalue weighted by molar-refractivity contribution is 5.74. The Kier molecular flexibility index (Phi) is 5.61. The van der Waals surface area contributed by atoms with E-state index in [0.717, 1.165) is 0 Å². The van der Waals surface area contributed by atoms with Gasteiger partial charge in [-0.15, -0.1) is 0 Å². The molecule has 1 aliphatic rings. The Labute approximate surface area is 101 Å². The molecule has 1 aliphatic heterocycles. The number of cyclic esters (lactones) is 1. The summed E-state index contributed by atoms with van der Waals surface area (Å²) in [7, 11) is 0. The number of hydrogen-bond donors (Lipinski definition) is 3. The summed E-state index contributed by atoms with van der Waals surface area (Å²) < 4.78 is 5.03. The molecule has 1 rings (SSSR count). The van der Waals surface area contributed by atoms with Crippen molar-refractivity contribution in [3.63, 3.8) is 0 Å². The quantitative estimate of drug-likeness (QED) is 0.475. The van der Waals surface area contributed by atoms with Gasteiger partial charge in [0.05, 0.1) is 0 Å². The van der Waals surface area contributed by atoms with Crippen molar-refractivity contribution in [3.05, 3.63) is 12.2 Å². The number of allylic oxidation sites excluding steroid dienone is 1. The van der Waals surface area contributed by atoms with Gasteiger partial charge in [0.2, 0.25) is 0 Å². The molecule has 0 amide bonds. The zero-order chi connectivity index (χ0) is 12.8. The van der Waals surface area contributed by atoms with E-state index in [-0.39, 0.29) is 6.42 Å². The first kappa shape index (κ1) is 14.2. The number of carbonyl (C=O) groups excluding carboxylic acids is 1. The molecule has 0 aromatic rings. The molecule has 0 spiro atoms. The summed E-state index contributed by atoms with van der Waals surface area (Å²) in [4.78, 5) is 11.5. The summed E-state index contributed by atoms with van der Waals surface area (Å²) >= 11 is 0. The molecule has 1 heterocycles. The standard InChI is InChI=1S/C12H20O5/c1-2-5-10-11(15)8(13)6-3-4-7-9(14)12(16)17-10/h3,6,8-11,13-15H,2,4-5,7H2,1H3/b6-3+/t8-,9+,10-,11-/m1/s1. The SMILES string of the molecule is CCC[C@H]1OC(=O)[C@@H](O)CC/C=C/[C@@H](O)[C@H]1O. The molecule has 17 heavy (non-hydrogen) atoms. The third-order valence-electron chi connectivity index (χ3n) is 2.78. The number of hydrogen-bond acceptors (Lipinski definition) is 5. The van der Waals surface area contributed by atoms with Gasteiger partial charge >= 0.3 is 5.97 Å². The van der Waals surface area contributed by atoms with E-state index in [9.17, 15) is 20.1 Å². The fourth-order valence-electron chi connectivity index (χ4n) is 1.75. The van der Waals surface area contributed by atoms with Gasteiger partial charge in [-0.2, -0.15) is 0 Å². The third-order valence-corrected chi connectivity index (χ3v) is 2.78. The van der Waals surface area contributed by atoms with Gasteiger partial charge in [0.1, 0.15) is 18.3 Å². The lowest BCUT2D eigenvalue weighted by molar-refractivity contribution is -0.169. The molecule has 5 nitrogen and oxygen atoms in total. The fraction of sp³-hybridized carbons (Fsp3) is 0.750. The molecular formula is C12H20O5. The van der Waals surface area contributed by atoms with Crippen molar-refractivity contribution in [2.45, 2.75) is 57.0 Å². The number of aliphatic hydroxyl groups excluding tert-OH is 3. The minimum atomic E-state index is -1.17. The Morgan fingerprint density at radius 2 is 2.12 bits per heavy atom. The van der Waals surface area contributed by atoms with Crippen LogP contribution in [-0.4, -0.2) is 45.7 Å². The Balaban J connectivity index is 2.80. The fourth-order valence-corrected chi connectivity index (χ4v) is 1.75. The molecule has 3 N–H and O–H groups in total. The largest absolute Gasteiger partial charge is 0.458 e. The molecule has 0 aliphatic carbocycles. The average molecular weight is 244 g/mol. The summed E-state index contributed by atoms with van der Waals surface area (Å²) in [5, 5.41) is 29.0. The van der Waals surface area contributed by atoms with Crippen molar-refractivity contribution in [1.82, 2.24) is 0 Å². The van der Waals surface area contributed by atoms with Gasteiger partial charge in [-0.05, 0) is 19.3 Å². The molecule has 0 saturated carbocycles. The van der Waals surface area contributed by atoms with Crippen LogP contribution in [0.5, 0.6) is 0 Å². The molecule has 0 fully saturated rings. The maximum atomic E-state index is 11.5. The minimum Gasteiger partial charge on any atom is -0.458 e. The van der Waals surface area contributed by atoms with Crippen molar-refractivity contribution < 1.29 is 24.9 Å². The molecule has 0 unspecified atom stereocenters. The van der Waals surface area contributed by atoms with E-state index >= 15 is 0 Å². The first-order valence-corrected chi connectivity index (χ1v) is 5.97. The van der Waals surface area contributed by atoms with Crippen LogP contribution in [0.4, 0.5) is 0 Å². The van der Waals surface area contributed by atoms with Gasteiger partial charge in [0.15, 0.2) is 6.10 Å². The topological polar surface area (TPSA) is 87.0 Å². The predicted octanol–water partition coefficient (Wildman–Crippen LogP) is 0.131. The van der Waals surface area contributed by atoms with Crippen molar-refractivity contribution in [3.8, 4) is 0 Å². The number of carbonyl (C=O) groups is 1. The molecule has 4 atom stereocenters. The Hall–Kier alpha value is -0.910. The molecule has 5 heteroatoms. The third kappa shape index (κ3) is 4.11. The highest BCUT2D eigenvalue weighted by Gasteiger charge is 2.30. The summed E-state index contributed by atoms with van der Waals surface area (Å²) in [6, 6.07) is 0. The van der Waals surface area contributed by atoms with E-state index in [1.807, 2.05) is 6.92 Å². The highest BCUT2D eigenvalue weighted by Crippen LogP contribution is 2.16. The minimum absolute atomic E-state index is 0.261. The summed E-state index contributed by atoms with van der Waals surface area (Å²) in [5.41, 5.74) is 0. The normalized spacial score (nSPS) is 37.3. The highest BCUT2D eigenvalue weighted by atomic mass is 16.6. The number of ether oxygens (including phenoxy) is 1. The van der Waals surface area contributed by atoms with E-state index in [1.165, 1.54) is 6.08 Å². The van der Waals surface area contributed by atoms with E-state index in [0.29, 0.717) is 19.3 Å². The van der Waals surface area contributed by atoms with Crippen LogP contribution in [0, 0.1) is 0 Å². The van der Waals surface area contributed by atoms with Crippen molar-refractivity contribution in [1.29, 1.82) is 0 Å². The van der Waals surface area contributed by atoms with E-state index < -0.39 is 30.4 Å². The molecule has 0 aromatic carbocycles. The number of rotatable bonds is 2. The summed E-state index contributed by atoms with van der Waals surface area (Å²) in [5.74, 6) is -0.731. The van der Waals surface area contributed by atoms with Crippen LogP contribution in [0.3, 0.4) is 0 Å². The average Bonchev–Trinajstić information content (AvgIpc) is 2.31. The maximum absolute atomic E-state index is 11.5. The van der Waals surface area contributed by atoms with Gasteiger partial charge in [0.25, 0.3) is 0 Å². The molecule has 0 radical (unpaired) electrons. The summed E-state index contributed by atoms with van der Waals surface area (Å²) in [6.07, 6.45) is 0.857. The second kappa shape index (κ2) is 6.74. The Morgan fingerprint density at radius 1 is 1.41 bits per heavy atom. The van der Waals surface area contributed by atoms with Crippen molar-refractivity contribution in [2.24, 2.45) is 0 Å². The molecule has 0 bridgehead atoms. The van der Waals surface area contributed by atoms with Crippen molar-refractivity contribution >= 4 is 5.97 Å². The van der Waals surface area contributed by atoms with Crippen LogP contribution in [0.15, 0.2) is 12.2 Å². The monoisotopic (exact) mass is 244 g/mol. The first-order chi connectivity index (χ1) is 8.06. The van der Waals surface area contributed by atoms with Crippen LogP contribution in [0.2, 0.25) is 0 Å². The maximum Gasteiger partial charge on any atom is 0.335 e. The lowest BCUT2D eigenvalue weighted by Gasteiger charge is -2.27. The second-order valence-electron chi connectivity index (χ2n) is 4.27. The Morgan fingerprint density at radius 3 is 2.76 bits per heavy atom. The molecule has 0 aromatic heterocycles. The second-order valence-corrected chi connectivity index (χ2v) is 4.27. The van der Waals surface area contributed by atoms with E-state index in [1.54, 1.807) is 6.08 Å². The van der Waals surface area contributed by atoms with Crippen LogP contribution in [0.25, 0.3) is 0 Å². The lowest BCUT2D eigenvalue weighted by Crippen LogP contribution is -2.41. The van der Waals surface area contributed by atoms with Gasteiger partial charge in [-0.1, -0.05) is 25.5 Å². The van der Waals surface area contributed by atoms with Crippen LogP contribution in [-0.2, 0) is 9.53 Å². The smallest absolute Gasteiger partial charge is 0.335 e. The van der Waals surface area contributed by atoms with Gasteiger partial charge < -0.3 is 20.1 Å². The van der Waals surface area contributed by atoms with Gasteiger partial charge in [0, 0.05) is 0 Å². The molecular weight excluding hydrogens is 224 g/mol. The van der Waals surface area contributed by atoms with Crippen LogP contribution < -0.4 is 0 Å². The van der Waals surface area contributed by atoms with Crippen LogP contribution in [0.1, 0.15) is 32.6 Å². The van der Waals surface area contributed by atoms with Gasteiger partial charge in [-0.25, -0.2) is 4.79 Å². The van der Waals surface area contributed by atoms with Gasteiger partial charge in [-0.3, -0.25) is 0 Å². The number of aliphatic hydroxyl groups is 3. The predicted molar refractivity (Wildman–Crippen MR) is 61.2 cm³/mol. The van der Waals surface area contributed by atoms with Crippen LogP contribution >= 0.6 is 0 Å².